The van der Waals surface area contributed by atoms with Crippen molar-refractivity contribution in [3.8, 4) is 0 Å². The minimum Gasteiger partial charge on any atom is -0.464 e. The van der Waals surface area contributed by atoms with Gasteiger partial charge in [0.1, 0.15) is 11.5 Å². The van der Waals surface area contributed by atoms with E-state index >= 15 is 0 Å². The summed E-state index contributed by atoms with van der Waals surface area (Å²) in [6, 6.07) is 10.0. The Labute approximate surface area is 107 Å². The summed E-state index contributed by atoms with van der Waals surface area (Å²) in [5.74, 6) is 1.82. The van der Waals surface area contributed by atoms with Crippen LogP contribution in [0.2, 0.25) is 5.02 Å². The lowest BCUT2D eigenvalue weighted by atomic mass is 10.0. The zero-order valence-corrected chi connectivity index (χ0v) is 11.0. The van der Waals surface area contributed by atoms with Gasteiger partial charge >= 0.3 is 0 Å². The fraction of sp³-hybridized carbons (Fsp3) is 0.286. The summed E-state index contributed by atoms with van der Waals surface area (Å²) in [7, 11) is 1.92. The van der Waals surface area contributed by atoms with Crippen LogP contribution in [-0.2, 0) is 0 Å². The van der Waals surface area contributed by atoms with Crippen LogP contribution >= 0.6 is 11.6 Å². The molecule has 0 saturated carbocycles. The molecule has 1 unspecified atom stereocenters. The standard InChI is InChI=1S/C14H16ClNO/c1-9-6-11(8-12(15)7-9)14(16-3)13-5-4-10(2)17-13/h4-8,14,16H,1-3H3. The van der Waals surface area contributed by atoms with Crippen LogP contribution in [0.4, 0.5) is 0 Å². The van der Waals surface area contributed by atoms with Crippen molar-refractivity contribution >= 4 is 11.6 Å². The molecule has 0 bridgehead atoms. The van der Waals surface area contributed by atoms with Crippen LogP contribution in [-0.4, -0.2) is 7.05 Å². The number of halogens is 1. The van der Waals surface area contributed by atoms with E-state index in [1.54, 1.807) is 0 Å². The predicted molar refractivity (Wildman–Crippen MR) is 70.5 cm³/mol. The van der Waals surface area contributed by atoms with Crippen molar-refractivity contribution in [2.45, 2.75) is 19.9 Å². The SMILES string of the molecule is CNC(c1cc(C)cc(Cl)c1)c1ccc(C)o1. The second-order valence-corrected chi connectivity index (χ2v) is 4.67. The largest absolute Gasteiger partial charge is 0.464 e. The third kappa shape index (κ3) is 2.71. The van der Waals surface area contributed by atoms with E-state index in [1.807, 2.05) is 45.2 Å². The maximum atomic E-state index is 6.09. The molecule has 1 aromatic carbocycles. The summed E-state index contributed by atoms with van der Waals surface area (Å²) in [6.07, 6.45) is 0. The summed E-state index contributed by atoms with van der Waals surface area (Å²) in [4.78, 5) is 0. The molecular weight excluding hydrogens is 234 g/mol. The van der Waals surface area contributed by atoms with Crippen LogP contribution < -0.4 is 5.32 Å². The van der Waals surface area contributed by atoms with E-state index in [1.165, 1.54) is 0 Å². The van der Waals surface area contributed by atoms with Gasteiger partial charge < -0.3 is 9.73 Å². The van der Waals surface area contributed by atoms with Gasteiger partial charge in [-0.05, 0) is 56.3 Å². The van der Waals surface area contributed by atoms with Crippen LogP contribution in [0.1, 0.15) is 28.7 Å². The molecule has 1 aromatic heterocycles. The van der Waals surface area contributed by atoms with Gasteiger partial charge in [-0.1, -0.05) is 17.7 Å². The molecule has 17 heavy (non-hydrogen) atoms. The molecule has 2 aromatic rings. The van der Waals surface area contributed by atoms with Crippen molar-refractivity contribution in [3.05, 3.63) is 58.0 Å². The fourth-order valence-electron chi connectivity index (χ4n) is 2.01. The van der Waals surface area contributed by atoms with Gasteiger partial charge in [-0.25, -0.2) is 0 Å². The fourth-order valence-corrected chi connectivity index (χ4v) is 2.31. The summed E-state index contributed by atoms with van der Waals surface area (Å²) < 4.78 is 5.67. The minimum atomic E-state index is 0.0427. The van der Waals surface area contributed by atoms with Crippen molar-refractivity contribution in [2.75, 3.05) is 7.05 Å². The van der Waals surface area contributed by atoms with E-state index < -0.39 is 0 Å². The normalized spacial score (nSPS) is 12.7. The van der Waals surface area contributed by atoms with Crippen molar-refractivity contribution in [2.24, 2.45) is 0 Å². The van der Waals surface area contributed by atoms with Gasteiger partial charge in [0.25, 0.3) is 0 Å². The quantitative estimate of drug-likeness (QED) is 0.894. The Morgan fingerprint density at radius 2 is 1.94 bits per heavy atom. The van der Waals surface area contributed by atoms with Gasteiger partial charge in [0, 0.05) is 5.02 Å². The Kier molecular flexibility index (Phi) is 3.55. The van der Waals surface area contributed by atoms with E-state index in [-0.39, 0.29) is 6.04 Å². The Balaban J connectivity index is 2.41. The van der Waals surface area contributed by atoms with E-state index in [0.717, 1.165) is 27.7 Å². The van der Waals surface area contributed by atoms with E-state index in [4.69, 9.17) is 16.0 Å². The maximum Gasteiger partial charge on any atom is 0.125 e. The first-order chi connectivity index (χ1) is 8.10. The Morgan fingerprint density at radius 1 is 1.18 bits per heavy atom. The average molecular weight is 250 g/mol. The third-order valence-electron chi connectivity index (χ3n) is 2.73. The summed E-state index contributed by atoms with van der Waals surface area (Å²) in [5, 5.41) is 4.00. The lowest BCUT2D eigenvalue weighted by molar-refractivity contribution is 0.444. The molecule has 1 N–H and O–H groups in total. The Bertz CT molecular complexity index is 498. The molecule has 0 aliphatic heterocycles. The highest BCUT2D eigenvalue weighted by atomic mass is 35.5. The molecular formula is C14H16ClNO. The summed E-state index contributed by atoms with van der Waals surface area (Å²) in [6.45, 7) is 3.98. The number of benzene rings is 1. The molecule has 0 aliphatic carbocycles. The number of hydrogen-bond donors (Lipinski definition) is 1. The molecule has 0 fully saturated rings. The van der Waals surface area contributed by atoms with Gasteiger partial charge in [0.2, 0.25) is 0 Å². The van der Waals surface area contributed by atoms with Crippen molar-refractivity contribution in [3.63, 3.8) is 0 Å². The Morgan fingerprint density at radius 3 is 2.47 bits per heavy atom. The highest BCUT2D eigenvalue weighted by molar-refractivity contribution is 6.30. The van der Waals surface area contributed by atoms with Crippen molar-refractivity contribution < 1.29 is 4.42 Å². The number of hydrogen-bond acceptors (Lipinski definition) is 2. The lowest BCUT2D eigenvalue weighted by Gasteiger charge is -2.15. The van der Waals surface area contributed by atoms with Gasteiger partial charge in [-0.3, -0.25) is 0 Å². The topological polar surface area (TPSA) is 25.2 Å². The van der Waals surface area contributed by atoms with Gasteiger partial charge in [-0.2, -0.15) is 0 Å². The van der Waals surface area contributed by atoms with E-state index in [0.29, 0.717) is 0 Å². The molecule has 1 heterocycles. The van der Waals surface area contributed by atoms with Crippen LogP contribution in [0.5, 0.6) is 0 Å². The monoisotopic (exact) mass is 249 g/mol. The zero-order chi connectivity index (χ0) is 12.4. The van der Waals surface area contributed by atoms with E-state index in [2.05, 4.69) is 11.4 Å². The Hall–Kier alpha value is -1.25. The highest BCUT2D eigenvalue weighted by Crippen LogP contribution is 2.26. The number of nitrogens with one attached hydrogen (secondary N) is 1. The first-order valence-electron chi connectivity index (χ1n) is 5.61. The van der Waals surface area contributed by atoms with Crippen molar-refractivity contribution in [1.29, 1.82) is 0 Å². The number of furan rings is 1. The molecule has 0 saturated heterocycles. The van der Waals surface area contributed by atoms with Gasteiger partial charge in [0.05, 0.1) is 6.04 Å². The second kappa shape index (κ2) is 4.94. The van der Waals surface area contributed by atoms with Crippen LogP contribution in [0.3, 0.4) is 0 Å². The predicted octanol–water partition coefficient (Wildman–Crippen LogP) is 3.86. The number of rotatable bonds is 3. The molecule has 1 atom stereocenters. The van der Waals surface area contributed by atoms with Gasteiger partial charge in [0.15, 0.2) is 0 Å². The van der Waals surface area contributed by atoms with Crippen LogP contribution in [0, 0.1) is 13.8 Å². The highest BCUT2D eigenvalue weighted by Gasteiger charge is 2.16. The van der Waals surface area contributed by atoms with Gasteiger partial charge in [-0.15, -0.1) is 0 Å². The first-order valence-corrected chi connectivity index (χ1v) is 5.98. The molecule has 0 spiro atoms. The maximum absolute atomic E-state index is 6.09. The third-order valence-corrected chi connectivity index (χ3v) is 2.95. The average Bonchev–Trinajstić information content (AvgIpc) is 2.64. The molecule has 0 radical (unpaired) electrons. The van der Waals surface area contributed by atoms with Crippen LogP contribution in [0.25, 0.3) is 0 Å². The second-order valence-electron chi connectivity index (χ2n) is 4.23. The summed E-state index contributed by atoms with van der Waals surface area (Å²) >= 11 is 6.09. The molecule has 3 heteroatoms. The molecule has 0 amide bonds. The lowest BCUT2D eigenvalue weighted by Crippen LogP contribution is -2.17. The first kappa shape index (κ1) is 12.2. The number of aryl methyl sites for hydroxylation is 2. The zero-order valence-electron chi connectivity index (χ0n) is 10.3. The molecule has 0 aliphatic rings. The van der Waals surface area contributed by atoms with Crippen molar-refractivity contribution in [1.82, 2.24) is 5.32 Å². The summed E-state index contributed by atoms with van der Waals surface area (Å²) in [5.41, 5.74) is 2.27. The smallest absolute Gasteiger partial charge is 0.125 e. The molecule has 2 nitrogen and oxygen atoms in total. The van der Waals surface area contributed by atoms with Crippen LogP contribution in [0.15, 0.2) is 34.7 Å². The molecule has 90 valence electrons. The molecule has 2 rings (SSSR count). The minimum absolute atomic E-state index is 0.0427. The van der Waals surface area contributed by atoms with E-state index in [9.17, 15) is 0 Å².